The number of carbonyl (C=O) groups excluding carboxylic acids is 1. The first-order valence-electron chi connectivity index (χ1n) is 8.46. The van der Waals surface area contributed by atoms with Gasteiger partial charge in [-0.05, 0) is 50.6 Å². The van der Waals surface area contributed by atoms with Gasteiger partial charge in [0.2, 0.25) is 0 Å². The van der Waals surface area contributed by atoms with Crippen molar-refractivity contribution in [2.45, 2.75) is 20.8 Å². The molecule has 0 aliphatic heterocycles. The lowest BCUT2D eigenvalue weighted by atomic mass is 10.1. The summed E-state index contributed by atoms with van der Waals surface area (Å²) < 4.78 is 0. The number of nitrogens with zero attached hydrogens (tertiary/aromatic N) is 3. The third-order valence-electron chi connectivity index (χ3n) is 3.96. The average molecular weight is 357 g/mol. The third-order valence-corrected chi connectivity index (χ3v) is 3.96. The van der Waals surface area contributed by atoms with Crippen LogP contribution in [0.25, 0.3) is 0 Å². The van der Waals surface area contributed by atoms with E-state index in [0.717, 1.165) is 11.3 Å². The Morgan fingerprint density at radius 1 is 1.04 bits per heavy atom. The van der Waals surface area contributed by atoms with E-state index in [9.17, 15) is 4.79 Å². The van der Waals surface area contributed by atoms with E-state index in [-0.39, 0.29) is 11.6 Å². The zero-order valence-corrected chi connectivity index (χ0v) is 15.4. The Labute approximate surface area is 157 Å². The van der Waals surface area contributed by atoms with E-state index in [2.05, 4.69) is 26.7 Å². The molecule has 0 radical (unpaired) electrons. The van der Waals surface area contributed by atoms with Gasteiger partial charge in [-0.1, -0.05) is 23.8 Å². The monoisotopic (exact) mass is 357 g/mol. The number of anilines is 3. The Balaban J connectivity index is 1.84. The highest BCUT2D eigenvalue weighted by atomic mass is 16.1. The molecule has 6 heteroatoms. The maximum Gasteiger partial charge on any atom is 0.274 e. The molecule has 3 aromatic rings. The SMILES string of the molecule is Cc1ccc(Nc2cc(C(=O)Nc3cccc(C#N)c3)nc(C)n2)c(C)c1. The number of amides is 1. The fourth-order valence-corrected chi connectivity index (χ4v) is 2.70. The molecule has 0 atom stereocenters. The Morgan fingerprint density at radius 3 is 2.59 bits per heavy atom. The molecule has 0 saturated carbocycles. The molecule has 134 valence electrons. The molecule has 1 aromatic heterocycles. The number of hydrogen-bond donors (Lipinski definition) is 2. The van der Waals surface area contributed by atoms with Gasteiger partial charge in [-0.3, -0.25) is 4.79 Å². The normalized spacial score (nSPS) is 10.1. The summed E-state index contributed by atoms with van der Waals surface area (Å²) in [5.74, 6) is 0.672. The van der Waals surface area contributed by atoms with Crippen molar-refractivity contribution in [2.75, 3.05) is 10.6 Å². The molecule has 3 rings (SSSR count). The minimum atomic E-state index is -0.362. The highest BCUT2D eigenvalue weighted by molar-refractivity contribution is 6.03. The molecule has 6 nitrogen and oxygen atoms in total. The third kappa shape index (κ3) is 4.47. The van der Waals surface area contributed by atoms with E-state index >= 15 is 0 Å². The molecule has 0 unspecified atom stereocenters. The lowest BCUT2D eigenvalue weighted by molar-refractivity contribution is 0.102. The first-order valence-corrected chi connectivity index (χ1v) is 8.46. The highest BCUT2D eigenvalue weighted by Crippen LogP contribution is 2.21. The average Bonchev–Trinajstić information content (AvgIpc) is 2.64. The van der Waals surface area contributed by atoms with Gasteiger partial charge < -0.3 is 10.6 Å². The Bertz CT molecular complexity index is 1050. The van der Waals surface area contributed by atoms with Crippen molar-refractivity contribution in [3.8, 4) is 6.07 Å². The molecule has 0 bridgehead atoms. The summed E-state index contributed by atoms with van der Waals surface area (Å²) in [5.41, 5.74) is 4.45. The first kappa shape index (κ1) is 18.1. The van der Waals surface area contributed by atoms with Crippen LogP contribution in [0, 0.1) is 32.1 Å². The van der Waals surface area contributed by atoms with Gasteiger partial charge >= 0.3 is 0 Å². The van der Waals surface area contributed by atoms with E-state index in [1.54, 1.807) is 37.3 Å². The molecule has 0 aliphatic carbocycles. The molecule has 1 amide bonds. The molecule has 0 spiro atoms. The number of benzene rings is 2. The van der Waals surface area contributed by atoms with Crippen molar-refractivity contribution in [3.05, 3.63) is 76.7 Å². The van der Waals surface area contributed by atoms with E-state index in [1.807, 2.05) is 32.0 Å². The fraction of sp³-hybridized carbons (Fsp3) is 0.143. The van der Waals surface area contributed by atoms with Gasteiger partial charge in [0.05, 0.1) is 11.6 Å². The maximum absolute atomic E-state index is 12.6. The van der Waals surface area contributed by atoms with Crippen LogP contribution in [0.4, 0.5) is 17.2 Å². The topological polar surface area (TPSA) is 90.7 Å². The highest BCUT2D eigenvalue weighted by Gasteiger charge is 2.12. The molecule has 0 aliphatic rings. The molecule has 27 heavy (non-hydrogen) atoms. The smallest absolute Gasteiger partial charge is 0.274 e. The predicted octanol–water partition coefficient (Wildman–Crippen LogP) is 4.27. The van der Waals surface area contributed by atoms with Gasteiger partial charge in [-0.2, -0.15) is 5.26 Å². The fourth-order valence-electron chi connectivity index (χ4n) is 2.70. The van der Waals surface area contributed by atoms with Gasteiger partial charge in [0.1, 0.15) is 17.3 Å². The van der Waals surface area contributed by atoms with Crippen LogP contribution >= 0.6 is 0 Å². The van der Waals surface area contributed by atoms with Gasteiger partial charge in [-0.25, -0.2) is 9.97 Å². The second kappa shape index (κ2) is 7.67. The Hall–Kier alpha value is -3.72. The number of rotatable bonds is 4. The van der Waals surface area contributed by atoms with Crippen LogP contribution in [0.1, 0.15) is 33.0 Å². The number of nitrogens with one attached hydrogen (secondary N) is 2. The van der Waals surface area contributed by atoms with E-state index in [4.69, 9.17) is 5.26 Å². The summed E-state index contributed by atoms with van der Waals surface area (Å²) in [6, 6.07) is 16.5. The lowest BCUT2D eigenvalue weighted by Crippen LogP contribution is -2.15. The van der Waals surface area contributed by atoms with Crippen molar-refractivity contribution in [1.82, 2.24) is 9.97 Å². The number of carbonyl (C=O) groups is 1. The number of nitriles is 1. The van der Waals surface area contributed by atoms with Gasteiger partial charge in [-0.15, -0.1) is 0 Å². The number of aromatic nitrogens is 2. The second-order valence-corrected chi connectivity index (χ2v) is 6.28. The van der Waals surface area contributed by atoms with Crippen LogP contribution < -0.4 is 10.6 Å². The van der Waals surface area contributed by atoms with Gasteiger partial charge in [0, 0.05) is 17.4 Å². The van der Waals surface area contributed by atoms with Crippen LogP contribution in [-0.2, 0) is 0 Å². The first-order chi connectivity index (χ1) is 12.9. The molecule has 0 fully saturated rings. The van der Waals surface area contributed by atoms with E-state index in [0.29, 0.717) is 22.9 Å². The van der Waals surface area contributed by atoms with Crippen molar-refractivity contribution < 1.29 is 4.79 Å². The number of hydrogen-bond acceptors (Lipinski definition) is 5. The minimum Gasteiger partial charge on any atom is -0.340 e. The van der Waals surface area contributed by atoms with E-state index < -0.39 is 0 Å². The van der Waals surface area contributed by atoms with Crippen LogP contribution in [0.15, 0.2) is 48.5 Å². The molecule has 2 aromatic carbocycles. The Kier molecular flexibility index (Phi) is 5.13. The maximum atomic E-state index is 12.6. The van der Waals surface area contributed by atoms with Crippen molar-refractivity contribution in [3.63, 3.8) is 0 Å². The van der Waals surface area contributed by atoms with Crippen molar-refractivity contribution in [2.24, 2.45) is 0 Å². The second-order valence-electron chi connectivity index (χ2n) is 6.28. The van der Waals surface area contributed by atoms with Crippen LogP contribution in [0.5, 0.6) is 0 Å². The van der Waals surface area contributed by atoms with Gasteiger partial charge in [0.15, 0.2) is 0 Å². The molecule has 0 saturated heterocycles. The summed E-state index contributed by atoms with van der Waals surface area (Å²) >= 11 is 0. The quantitative estimate of drug-likeness (QED) is 0.728. The Morgan fingerprint density at radius 2 is 1.85 bits per heavy atom. The predicted molar refractivity (Wildman–Crippen MR) is 105 cm³/mol. The van der Waals surface area contributed by atoms with Crippen LogP contribution in [0.3, 0.4) is 0 Å². The van der Waals surface area contributed by atoms with Crippen molar-refractivity contribution in [1.29, 1.82) is 5.26 Å². The van der Waals surface area contributed by atoms with Gasteiger partial charge in [0.25, 0.3) is 5.91 Å². The van der Waals surface area contributed by atoms with Crippen LogP contribution in [0.2, 0.25) is 0 Å². The largest absolute Gasteiger partial charge is 0.340 e. The zero-order valence-electron chi connectivity index (χ0n) is 15.4. The molecular formula is C21H19N5O. The molecule has 2 N–H and O–H groups in total. The zero-order chi connectivity index (χ0) is 19.4. The molecule has 1 heterocycles. The standard InChI is InChI=1S/C21H19N5O/c1-13-7-8-18(14(2)9-13)26-20-11-19(23-15(3)24-20)21(27)25-17-6-4-5-16(10-17)12-22/h4-11H,1-3H3,(H,25,27)(H,23,24,26). The van der Waals surface area contributed by atoms with E-state index in [1.165, 1.54) is 5.56 Å². The van der Waals surface area contributed by atoms with Crippen LogP contribution in [-0.4, -0.2) is 15.9 Å². The summed E-state index contributed by atoms with van der Waals surface area (Å²) in [7, 11) is 0. The molecular weight excluding hydrogens is 338 g/mol. The van der Waals surface area contributed by atoms with Crippen molar-refractivity contribution >= 4 is 23.1 Å². The minimum absolute atomic E-state index is 0.247. The number of aryl methyl sites for hydroxylation is 3. The lowest BCUT2D eigenvalue weighted by Gasteiger charge is -2.11. The summed E-state index contributed by atoms with van der Waals surface area (Å²) in [4.78, 5) is 21.2. The summed E-state index contributed by atoms with van der Waals surface area (Å²) in [5, 5.41) is 15.0. The summed E-state index contributed by atoms with van der Waals surface area (Å²) in [6.07, 6.45) is 0. The summed E-state index contributed by atoms with van der Waals surface area (Å²) in [6.45, 7) is 5.79.